The molecule has 7 heteroatoms. The summed E-state index contributed by atoms with van der Waals surface area (Å²) in [6, 6.07) is 4.36. The number of ether oxygens (including phenoxy) is 2. The maximum absolute atomic E-state index is 11.4. The molecule has 0 spiro atoms. The summed E-state index contributed by atoms with van der Waals surface area (Å²) >= 11 is 0. The fraction of sp³-hybridized carbons (Fsp3) is 0.438. The summed E-state index contributed by atoms with van der Waals surface area (Å²) < 4.78 is 10.1. The molecular formula is C16H20N2O5. The summed E-state index contributed by atoms with van der Waals surface area (Å²) in [6.07, 6.45) is -0.181. The largest absolute Gasteiger partial charge is 0.497 e. The second-order valence-electron chi connectivity index (χ2n) is 5.62. The van der Waals surface area contributed by atoms with Crippen molar-refractivity contribution >= 4 is 11.8 Å². The van der Waals surface area contributed by atoms with Gasteiger partial charge in [0.15, 0.2) is 0 Å². The lowest BCUT2D eigenvalue weighted by Gasteiger charge is -2.19. The van der Waals surface area contributed by atoms with Gasteiger partial charge in [-0.25, -0.2) is 4.79 Å². The van der Waals surface area contributed by atoms with Gasteiger partial charge in [0.05, 0.1) is 12.0 Å². The first-order valence-electron chi connectivity index (χ1n) is 7.01. The van der Waals surface area contributed by atoms with Crippen molar-refractivity contribution in [3.8, 4) is 17.6 Å². The van der Waals surface area contributed by atoms with Crippen molar-refractivity contribution in [2.75, 3.05) is 13.7 Å². The van der Waals surface area contributed by atoms with E-state index in [1.165, 1.54) is 25.3 Å². The molecule has 0 unspecified atom stereocenters. The fourth-order valence-corrected chi connectivity index (χ4v) is 1.60. The van der Waals surface area contributed by atoms with Gasteiger partial charge in [0.2, 0.25) is 0 Å². The topological polar surface area (TPSA) is 90.7 Å². The van der Waals surface area contributed by atoms with E-state index in [1.54, 1.807) is 20.8 Å². The van der Waals surface area contributed by atoms with Crippen LogP contribution >= 0.6 is 0 Å². The number of nitrogens with zero attached hydrogens (tertiary/aromatic N) is 1. The molecule has 0 radical (unpaired) electrons. The molecule has 0 aliphatic carbocycles. The molecule has 0 aromatic heterocycles. The summed E-state index contributed by atoms with van der Waals surface area (Å²) in [5.74, 6) is 6.01. The molecule has 124 valence electrons. The highest BCUT2D eigenvalue weighted by Crippen LogP contribution is 2.22. The predicted molar refractivity (Wildman–Crippen MR) is 85.4 cm³/mol. The summed E-state index contributed by atoms with van der Waals surface area (Å²) in [5.41, 5.74) is -0.373. The number of hydrogen-bond donors (Lipinski definition) is 1. The molecular weight excluding hydrogens is 300 g/mol. The van der Waals surface area contributed by atoms with Crippen LogP contribution in [-0.4, -0.2) is 30.3 Å². The second kappa shape index (κ2) is 8.03. The van der Waals surface area contributed by atoms with E-state index in [4.69, 9.17) is 9.47 Å². The predicted octanol–water partition coefficient (Wildman–Crippen LogP) is 2.87. The normalized spacial score (nSPS) is 10.3. The van der Waals surface area contributed by atoms with E-state index >= 15 is 0 Å². The molecule has 1 aromatic rings. The van der Waals surface area contributed by atoms with Gasteiger partial charge >= 0.3 is 6.09 Å². The molecule has 1 N–H and O–H groups in total. The summed E-state index contributed by atoms with van der Waals surface area (Å²) in [4.78, 5) is 21.9. The average Bonchev–Trinajstić information content (AvgIpc) is 2.44. The quantitative estimate of drug-likeness (QED) is 0.399. The molecule has 1 amide bonds. The molecule has 0 fully saturated rings. The highest BCUT2D eigenvalue weighted by molar-refractivity contribution is 5.67. The molecule has 0 aliphatic heterocycles. The van der Waals surface area contributed by atoms with E-state index in [1.807, 2.05) is 0 Å². The van der Waals surface area contributed by atoms with Crippen molar-refractivity contribution < 1.29 is 19.2 Å². The number of nitro groups is 1. The number of benzene rings is 1. The zero-order valence-electron chi connectivity index (χ0n) is 13.6. The van der Waals surface area contributed by atoms with Crippen LogP contribution in [0.5, 0.6) is 5.75 Å². The van der Waals surface area contributed by atoms with E-state index in [-0.39, 0.29) is 11.3 Å². The minimum absolute atomic E-state index is 0.0848. The van der Waals surface area contributed by atoms with Crippen LogP contribution in [0.2, 0.25) is 0 Å². The van der Waals surface area contributed by atoms with Crippen molar-refractivity contribution in [2.45, 2.75) is 32.8 Å². The van der Waals surface area contributed by atoms with Crippen LogP contribution in [0.4, 0.5) is 10.5 Å². The van der Waals surface area contributed by atoms with Gasteiger partial charge in [-0.3, -0.25) is 10.1 Å². The van der Waals surface area contributed by atoms with Gasteiger partial charge in [0.1, 0.15) is 16.9 Å². The number of rotatable bonds is 4. The molecule has 0 saturated carbocycles. The minimum atomic E-state index is -0.559. The molecule has 1 aromatic carbocycles. The molecule has 23 heavy (non-hydrogen) atoms. The number of nitrogens with one attached hydrogen (secondary N) is 1. The Hall–Kier alpha value is -2.75. The standard InChI is InChI=1S/C16H20N2O5/c1-16(2,3)23-15(19)17-10-6-5-7-12-11-13(22-4)8-9-14(12)18(20)21/h8-9,11H,6,10H2,1-4H3,(H,17,19). The molecule has 0 heterocycles. The Balaban J connectivity index is 2.63. The third-order valence-corrected chi connectivity index (χ3v) is 2.54. The van der Waals surface area contributed by atoms with Crippen molar-refractivity contribution in [2.24, 2.45) is 0 Å². The lowest BCUT2D eigenvalue weighted by molar-refractivity contribution is -0.385. The molecule has 0 atom stereocenters. The van der Waals surface area contributed by atoms with Crippen molar-refractivity contribution in [3.05, 3.63) is 33.9 Å². The number of carbonyl (C=O) groups is 1. The number of methoxy groups -OCH3 is 1. The maximum Gasteiger partial charge on any atom is 0.407 e. The third kappa shape index (κ3) is 6.70. The van der Waals surface area contributed by atoms with E-state index in [0.717, 1.165) is 0 Å². The lowest BCUT2D eigenvalue weighted by Crippen LogP contribution is -2.32. The number of carbonyl (C=O) groups excluding carboxylic acids is 1. The van der Waals surface area contributed by atoms with Crippen LogP contribution in [0.1, 0.15) is 32.8 Å². The van der Waals surface area contributed by atoms with Crippen molar-refractivity contribution in [3.63, 3.8) is 0 Å². The van der Waals surface area contributed by atoms with Crippen LogP contribution in [0, 0.1) is 22.0 Å². The first-order chi connectivity index (χ1) is 10.7. The maximum atomic E-state index is 11.4. The Kier molecular flexibility index (Phi) is 6.39. The number of hydrogen-bond acceptors (Lipinski definition) is 5. The average molecular weight is 320 g/mol. The number of nitro benzene ring substituents is 1. The third-order valence-electron chi connectivity index (χ3n) is 2.54. The van der Waals surface area contributed by atoms with E-state index in [0.29, 0.717) is 18.7 Å². The highest BCUT2D eigenvalue weighted by atomic mass is 16.6. The van der Waals surface area contributed by atoms with Gasteiger partial charge in [-0.1, -0.05) is 11.8 Å². The molecule has 0 saturated heterocycles. The smallest absolute Gasteiger partial charge is 0.407 e. The van der Waals surface area contributed by atoms with Crippen LogP contribution in [-0.2, 0) is 4.74 Å². The first kappa shape index (κ1) is 18.3. The van der Waals surface area contributed by atoms with Gasteiger partial charge in [-0.05, 0) is 26.8 Å². The van der Waals surface area contributed by atoms with Crippen LogP contribution in [0.15, 0.2) is 18.2 Å². The van der Waals surface area contributed by atoms with Crippen LogP contribution in [0.3, 0.4) is 0 Å². The first-order valence-corrected chi connectivity index (χ1v) is 7.01. The molecule has 1 rings (SSSR count). The van der Waals surface area contributed by atoms with Gasteiger partial charge in [0, 0.05) is 25.1 Å². The van der Waals surface area contributed by atoms with Gasteiger partial charge in [-0.15, -0.1) is 0 Å². The Labute approximate surface area is 135 Å². The number of amides is 1. The Morgan fingerprint density at radius 1 is 1.39 bits per heavy atom. The Morgan fingerprint density at radius 3 is 2.65 bits per heavy atom. The molecule has 7 nitrogen and oxygen atoms in total. The Bertz CT molecular complexity index is 638. The highest BCUT2D eigenvalue weighted by Gasteiger charge is 2.15. The van der Waals surface area contributed by atoms with Gasteiger partial charge < -0.3 is 14.8 Å². The van der Waals surface area contributed by atoms with E-state index in [2.05, 4.69) is 17.2 Å². The molecule has 0 bridgehead atoms. The summed E-state index contributed by atoms with van der Waals surface area (Å²) in [7, 11) is 1.48. The minimum Gasteiger partial charge on any atom is -0.497 e. The van der Waals surface area contributed by atoms with Crippen molar-refractivity contribution in [1.82, 2.24) is 5.32 Å². The zero-order valence-corrected chi connectivity index (χ0v) is 13.6. The summed E-state index contributed by atoms with van der Waals surface area (Å²) in [6.45, 7) is 5.61. The van der Waals surface area contributed by atoms with E-state index < -0.39 is 16.6 Å². The summed E-state index contributed by atoms with van der Waals surface area (Å²) in [5, 5.41) is 13.5. The SMILES string of the molecule is COc1ccc([N+](=O)[O-])c(C#CCCNC(=O)OC(C)(C)C)c1. The van der Waals surface area contributed by atoms with E-state index in [9.17, 15) is 14.9 Å². The lowest BCUT2D eigenvalue weighted by atomic mass is 10.1. The number of alkyl carbamates (subject to hydrolysis) is 1. The zero-order chi connectivity index (χ0) is 17.5. The van der Waals surface area contributed by atoms with Crippen LogP contribution in [0.25, 0.3) is 0 Å². The Morgan fingerprint density at radius 2 is 2.09 bits per heavy atom. The molecule has 0 aliphatic rings. The second-order valence-corrected chi connectivity index (χ2v) is 5.62. The monoisotopic (exact) mass is 320 g/mol. The van der Waals surface area contributed by atoms with Crippen LogP contribution < -0.4 is 10.1 Å². The van der Waals surface area contributed by atoms with Gasteiger partial charge in [0.25, 0.3) is 5.69 Å². The van der Waals surface area contributed by atoms with Gasteiger partial charge in [-0.2, -0.15) is 0 Å². The fourth-order valence-electron chi connectivity index (χ4n) is 1.60. The van der Waals surface area contributed by atoms with Crippen molar-refractivity contribution in [1.29, 1.82) is 0 Å².